The lowest BCUT2D eigenvalue weighted by molar-refractivity contribution is -0.342. The lowest BCUT2D eigenvalue weighted by atomic mass is 9.99. The molecule has 0 saturated carbocycles. The van der Waals surface area contributed by atoms with Crippen LogP contribution in [0.5, 0.6) is 0 Å². The van der Waals surface area contributed by atoms with Crippen molar-refractivity contribution in [3.8, 4) is 0 Å². The molecule has 10 unspecified atom stereocenters. The number of hydrogen-bond donors (Lipinski definition) is 6. The van der Waals surface area contributed by atoms with Gasteiger partial charge < -0.3 is 49.6 Å². The Bertz CT molecular complexity index is 422. The minimum Gasteiger partial charge on any atom is -0.394 e. The SMILES string of the molecule is CCCC(O)OCC1OC(OC2OC(CO)C(O)C(O)C2O)C(O)C1C. The highest BCUT2D eigenvalue weighted by Crippen LogP contribution is 2.31. The van der Waals surface area contributed by atoms with Gasteiger partial charge in [-0.1, -0.05) is 20.3 Å². The van der Waals surface area contributed by atoms with E-state index in [0.717, 1.165) is 6.42 Å². The third-order valence-electron chi connectivity index (χ3n) is 4.82. The molecule has 0 aromatic carbocycles. The fraction of sp³-hybridized carbons (Fsp3) is 1.00. The van der Waals surface area contributed by atoms with Gasteiger partial charge in [0.15, 0.2) is 18.9 Å². The van der Waals surface area contributed by atoms with Crippen molar-refractivity contribution in [3.05, 3.63) is 0 Å². The largest absolute Gasteiger partial charge is 0.394 e. The highest BCUT2D eigenvalue weighted by molar-refractivity contribution is 4.90. The molecule has 2 rings (SSSR count). The molecule has 0 aliphatic carbocycles. The summed E-state index contributed by atoms with van der Waals surface area (Å²) in [6.45, 7) is 3.10. The molecule has 0 aromatic rings. The average Bonchev–Trinajstić information content (AvgIpc) is 2.88. The van der Waals surface area contributed by atoms with Crippen molar-refractivity contribution in [2.45, 2.75) is 82.2 Å². The first kappa shape index (κ1) is 21.9. The van der Waals surface area contributed by atoms with Gasteiger partial charge in [-0.15, -0.1) is 0 Å². The van der Waals surface area contributed by atoms with Gasteiger partial charge in [0.2, 0.25) is 0 Å². The Morgan fingerprint density at radius 1 is 0.923 bits per heavy atom. The van der Waals surface area contributed by atoms with E-state index in [1.54, 1.807) is 6.92 Å². The van der Waals surface area contributed by atoms with E-state index in [9.17, 15) is 30.6 Å². The van der Waals surface area contributed by atoms with Crippen LogP contribution in [-0.4, -0.2) is 99.3 Å². The topological polar surface area (TPSA) is 158 Å². The van der Waals surface area contributed by atoms with E-state index >= 15 is 0 Å². The maximum atomic E-state index is 10.3. The number of ether oxygens (including phenoxy) is 4. The van der Waals surface area contributed by atoms with Gasteiger partial charge in [-0.25, -0.2) is 0 Å². The molecule has 26 heavy (non-hydrogen) atoms. The first-order valence-electron chi connectivity index (χ1n) is 8.89. The van der Waals surface area contributed by atoms with Gasteiger partial charge in [-0.3, -0.25) is 0 Å². The van der Waals surface area contributed by atoms with Gasteiger partial charge in [0.25, 0.3) is 0 Å². The molecule has 2 saturated heterocycles. The predicted octanol–water partition coefficient (Wildman–Crippen LogP) is -2.34. The minimum absolute atomic E-state index is 0.0495. The number of aliphatic hydroxyl groups excluding tert-OH is 6. The molecule has 0 amide bonds. The summed E-state index contributed by atoms with van der Waals surface area (Å²) in [6, 6.07) is 0. The molecule has 10 heteroatoms. The second-order valence-electron chi connectivity index (χ2n) is 6.80. The maximum Gasteiger partial charge on any atom is 0.189 e. The third kappa shape index (κ3) is 4.90. The molecule has 0 bridgehead atoms. The van der Waals surface area contributed by atoms with Crippen molar-refractivity contribution in [2.75, 3.05) is 13.2 Å². The fourth-order valence-electron chi connectivity index (χ4n) is 3.00. The molecular weight excluding hydrogens is 352 g/mol. The quantitative estimate of drug-likeness (QED) is 0.251. The van der Waals surface area contributed by atoms with Gasteiger partial charge >= 0.3 is 0 Å². The van der Waals surface area contributed by atoms with E-state index in [4.69, 9.17) is 18.9 Å². The van der Waals surface area contributed by atoms with Gasteiger partial charge in [-0.05, 0) is 6.42 Å². The molecule has 6 N–H and O–H groups in total. The van der Waals surface area contributed by atoms with Crippen LogP contribution in [0.3, 0.4) is 0 Å². The summed E-state index contributed by atoms with van der Waals surface area (Å²) in [5.74, 6) is -0.376. The molecule has 0 radical (unpaired) electrons. The molecule has 10 atom stereocenters. The molecule has 0 spiro atoms. The van der Waals surface area contributed by atoms with Crippen LogP contribution in [0.1, 0.15) is 26.7 Å². The van der Waals surface area contributed by atoms with Gasteiger partial charge in [0.05, 0.1) is 19.3 Å². The van der Waals surface area contributed by atoms with E-state index in [1.165, 1.54) is 0 Å². The van der Waals surface area contributed by atoms with Crippen LogP contribution in [0.2, 0.25) is 0 Å². The van der Waals surface area contributed by atoms with Crippen LogP contribution in [0.4, 0.5) is 0 Å². The zero-order valence-electron chi connectivity index (χ0n) is 14.9. The van der Waals surface area contributed by atoms with Crippen LogP contribution in [0, 0.1) is 5.92 Å². The van der Waals surface area contributed by atoms with Crippen molar-refractivity contribution in [1.29, 1.82) is 0 Å². The Hall–Kier alpha value is -0.400. The zero-order valence-corrected chi connectivity index (χ0v) is 14.9. The summed E-state index contributed by atoms with van der Waals surface area (Å²) in [5.41, 5.74) is 0. The van der Waals surface area contributed by atoms with Crippen molar-refractivity contribution in [1.82, 2.24) is 0 Å². The van der Waals surface area contributed by atoms with Crippen molar-refractivity contribution < 1.29 is 49.6 Å². The molecule has 10 nitrogen and oxygen atoms in total. The lowest BCUT2D eigenvalue weighted by Crippen LogP contribution is -2.60. The fourth-order valence-corrected chi connectivity index (χ4v) is 3.00. The van der Waals surface area contributed by atoms with Crippen LogP contribution in [0.25, 0.3) is 0 Å². The molecule has 2 heterocycles. The van der Waals surface area contributed by atoms with E-state index in [2.05, 4.69) is 0 Å². The molecule has 0 aromatic heterocycles. The first-order valence-corrected chi connectivity index (χ1v) is 8.89. The smallest absolute Gasteiger partial charge is 0.189 e. The van der Waals surface area contributed by atoms with Gasteiger partial charge in [0.1, 0.15) is 30.5 Å². The Labute approximate surface area is 151 Å². The molecular formula is C16H30O10. The zero-order chi connectivity index (χ0) is 19.4. The Kier molecular flexibility index (Phi) is 8.16. The Morgan fingerprint density at radius 2 is 1.54 bits per heavy atom. The second kappa shape index (κ2) is 9.69. The van der Waals surface area contributed by atoms with Crippen LogP contribution < -0.4 is 0 Å². The van der Waals surface area contributed by atoms with Gasteiger partial charge in [-0.2, -0.15) is 0 Å². The minimum atomic E-state index is -1.58. The van der Waals surface area contributed by atoms with Crippen molar-refractivity contribution in [3.63, 3.8) is 0 Å². The van der Waals surface area contributed by atoms with Crippen LogP contribution in [-0.2, 0) is 18.9 Å². The highest BCUT2D eigenvalue weighted by Gasteiger charge is 2.48. The summed E-state index contributed by atoms with van der Waals surface area (Å²) >= 11 is 0. The highest BCUT2D eigenvalue weighted by atomic mass is 16.8. The summed E-state index contributed by atoms with van der Waals surface area (Å²) in [6.07, 6.45) is -9.62. The average molecular weight is 382 g/mol. The van der Waals surface area contributed by atoms with Crippen molar-refractivity contribution in [2.24, 2.45) is 5.92 Å². The van der Waals surface area contributed by atoms with E-state index in [1.807, 2.05) is 6.92 Å². The molecule has 2 fully saturated rings. The number of hydrogen-bond acceptors (Lipinski definition) is 10. The lowest BCUT2D eigenvalue weighted by Gasteiger charge is -2.40. The van der Waals surface area contributed by atoms with Crippen molar-refractivity contribution >= 4 is 0 Å². The Balaban J connectivity index is 1.92. The summed E-state index contributed by atoms with van der Waals surface area (Å²) in [5, 5.41) is 58.7. The van der Waals surface area contributed by atoms with E-state index < -0.39 is 62.1 Å². The first-order chi connectivity index (χ1) is 12.3. The summed E-state index contributed by atoms with van der Waals surface area (Å²) in [4.78, 5) is 0. The van der Waals surface area contributed by atoms with Crippen LogP contribution >= 0.6 is 0 Å². The van der Waals surface area contributed by atoms with Gasteiger partial charge in [0, 0.05) is 5.92 Å². The Morgan fingerprint density at radius 3 is 2.15 bits per heavy atom. The second-order valence-corrected chi connectivity index (χ2v) is 6.80. The molecule has 2 aliphatic rings. The monoisotopic (exact) mass is 382 g/mol. The standard InChI is InChI=1S/C16H30O10/c1-3-4-10(18)23-6-9-7(2)11(19)15(25-9)26-16-14(22)13(21)12(20)8(5-17)24-16/h7-22H,3-6H2,1-2H3. The maximum absolute atomic E-state index is 10.3. The van der Waals surface area contributed by atoms with E-state index in [-0.39, 0.29) is 12.5 Å². The third-order valence-corrected chi connectivity index (χ3v) is 4.82. The number of aliphatic hydroxyl groups is 6. The normalized spacial score (nSPS) is 45.0. The summed E-state index contributed by atoms with van der Waals surface area (Å²) in [7, 11) is 0. The molecule has 2 aliphatic heterocycles. The molecule has 154 valence electrons. The van der Waals surface area contributed by atoms with E-state index in [0.29, 0.717) is 6.42 Å². The number of rotatable bonds is 8. The predicted molar refractivity (Wildman–Crippen MR) is 85.6 cm³/mol. The summed E-state index contributed by atoms with van der Waals surface area (Å²) < 4.78 is 21.6. The van der Waals surface area contributed by atoms with Crippen LogP contribution in [0.15, 0.2) is 0 Å².